The zero-order valence-electron chi connectivity index (χ0n) is 13.1. The molecule has 6 nitrogen and oxygen atoms in total. The number of rotatable bonds is 4. The molecule has 1 aromatic carbocycles. The molecule has 7 heteroatoms. The molecule has 1 unspecified atom stereocenters. The lowest BCUT2D eigenvalue weighted by Gasteiger charge is -2.25. The third-order valence-electron chi connectivity index (χ3n) is 4.37. The first-order valence-corrected chi connectivity index (χ1v) is 8.46. The van der Waals surface area contributed by atoms with Crippen molar-refractivity contribution in [3.63, 3.8) is 0 Å². The van der Waals surface area contributed by atoms with E-state index in [1.807, 2.05) is 24.3 Å². The SMILES string of the molecule is Nc1nc(NC2CC2)cc(N2C(=O)CCC2c2ccc(Cl)cc2)n1. The van der Waals surface area contributed by atoms with E-state index in [0.29, 0.717) is 29.1 Å². The molecule has 1 saturated carbocycles. The fraction of sp³-hybridized carbons (Fsp3) is 0.353. The van der Waals surface area contributed by atoms with Crippen LogP contribution in [0.25, 0.3) is 0 Å². The molecule has 1 saturated heterocycles. The van der Waals surface area contributed by atoms with Gasteiger partial charge < -0.3 is 11.1 Å². The van der Waals surface area contributed by atoms with Crippen molar-refractivity contribution >= 4 is 35.1 Å². The lowest BCUT2D eigenvalue weighted by Crippen LogP contribution is -2.28. The van der Waals surface area contributed by atoms with Crippen molar-refractivity contribution in [1.29, 1.82) is 0 Å². The summed E-state index contributed by atoms with van der Waals surface area (Å²) in [6.07, 6.45) is 3.50. The number of nitrogen functional groups attached to an aromatic ring is 1. The number of benzene rings is 1. The zero-order valence-corrected chi connectivity index (χ0v) is 13.8. The van der Waals surface area contributed by atoms with Crippen LogP contribution in [-0.2, 0) is 4.79 Å². The summed E-state index contributed by atoms with van der Waals surface area (Å²) in [7, 11) is 0. The predicted molar refractivity (Wildman–Crippen MR) is 94.0 cm³/mol. The van der Waals surface area contributed by atoms with Crippen LogP contribution in [0.15, 0.2) is 30.3 Å². The topological polar surface area (TPSA) is 84.1 Å². The Hall–Kier alpha value is -2.34. The maximum Gasteiger partial charge on any atom is 0.228 e. The van der Waals surface area contributed by atoms with Crippen molar-refractivity contribution in [3.05, 3.63) is 40.9 Å². The minimum absolute atomic E-state index is 0.0467. The number of hydrogen-bond acceptors (Lipinski definition) is 5. The van der Waals surface area contributed by atoms with E-state index in [9.17, 15) is 4.79 Å². The lowest BCUT2D eigenvalue weighted by molar-refractivity contribution is -0.117. The molecule has 2 aromatic rings. The molecule has 124 valence electrons. The first kappa shape index (κ1) is 15.2. The van der Waals surface area contributed by atoms with E-state index in [0.717, 1.165) is 24.8 Å². The van der Waals surface area contributed by atoms with Crippen LogP contribution in [0, 0.1) is 0 Å². The molecule has 1 aliphatic carbocycles. The molecule has 2 heterocycles. The Labute approximate surface area is 145 Å². The van der Waals surface area contributed by atoms with Crippen LogP contribution in [0.1, 0.15) is 37.3 Å². The smallest absolute Gasteiger partial charge is 0.228 e. The molecule has 1 aromatic heterocycles. The van der Waals surface area contributed by atoms with Gasteiger partial charge in [0.05, 0.1) is 6.04 Å². The van der Waals surface area contributed by atoms with Crippen molar-refractivity contribution in [3.8, 4) is 0 Å². The van der Waals surface area contributed by atoms with Crippen molar-refractivity contribution in [1.82, 2.24) is 9.97 Å². The number of hydrogen-bond donors (Lipinski definition) is 2. The predicted octanol–water partition coefficient (Wildman–Crippen LogP) is 3.15. The molecule has 24 heavy (non-hydrogen) atoms. The van der Waals surface area contributed by atoms with Crippen LogP contribution in [0.3, 0.4) is 0 Å². The van der Waals surface area contributed by atoms with Gasteiger partial charge in [0, 0.05) is 23.6 Å². The minimum atomic E-state index is -0.0576. The molecule has 4 rings (SSSR count). The van der Waals surface area contributed by atoms with Crippen molar-refractivity contribution in [2.45, 2.75) is 37.8 Å². The summed E-state index contributed by atoms with van der Waals surface area (Å²) in [6, 6.07) is 9.78. The second-order valence-electron chi connectivity index (χ2n) is 6.26. The minimum Gasteiger partial charge on any atom is -0.368 e. The highest BCUT2D eigenvalue weighted by atomic mass is 35.5. The van der Waals surface area contributed by atoms with Crippen molar-refractivity contribution < 1.29 is 4.79 Å². The Bertz CT molecular complexity index is 775. The van der Waals surface area contributed by atoms with E-state index in [4.69, 9.17) is 17.3 Å². The zero-order chi connectivity index (χ0) is 16.7. The number of nitrogens with one attached hydrogen (secondary N) is 1. The summed E-state index contributed by atoms with van der Waals surface area (Å²) in [5.74, 6) is 1.44. The van der Waals surface area contributed by atoms with Gasteiger partial charge in [-0.05, 0) is 37.0 Å². The number of carbonyl (C=O) groups excluding carboxylic acids is 1. The monoisotopic (exact) mass is 343 g/mol. The molecule has 0 radical (unpaired) electrons. The largest absolute Gasteiger partial charge is 0.368 e. The quantitative estimate of drug-likeness (QED) is 0.890. The van der Waals surface area contributed by atoms with Gasteiger partial charge in [0.25, 0.3) is 0 Å². The number of halogens is 1. The molecular weight excluding hydrogens is 326 g/mol. The number of nitrogens with two attached hydrogens (primary N) is 1. The van der Waals surface area contributed by atoms with E-state index in [-0.39, 0.29) is 17.9 Å². The van der Waals surface area contributed by atoms with Gasteiger partial charge in [-0.2, -0.15) is 9.97 Å². The van der Waals surface area contributed by atoms with E-state index < -0.39 is 0 Å². The fourth-order valence-corrected chi connectivity index (χ4v) is 3.18. The molecule has 1 amide bonds. The molecule has 2 aliphatic rings. The summed E-state index contributed by atoms with van der Waals surface area (Å²) in [5.41, 5.74) is 6.90. The third kappa shape index (κ3) is 3.01. The highest BCUT2D eigenvalue weighted by Gasteiger charge is 2.34. The van der Waals surface area contributed by atoms with Gasteiger partial charge in [-0.15, -0.1) is 0 Å². The van der Waals surface area contributed by atoms with E-state index in [2.05, 4.69) is 15.3 Å². The first-order chi connectivity index (χ1) is 11.6. The lowest BCUT2D eigenvalue weighted by atomic mass is 10.0. The van der Waals surface area contributed by atoms with E-state index in [1.165, 1.54) is 0 Å². The Kier molecular flexibility index (Phi) is 3.76. The number of anilines is 3. The fourth-order valence-electron chi connectivity index (χ4n) is 3.06. The van der Waals surface area contributed by atoms with Crippen LogP contribution >= 0.6 is 11.6 Å². The second-order valence-corrected chi connectivity index (χ2v) is 6.69. The van der Waals surface area contributed by atoms with Gasteiger partial charge in [-0.3, -0.25) is 9.69 Å². The number of carbonyl (C=O) groups is 1. The first-order valence-electron chi connectivity index (χ1n) is 8.09. The highest BCUT2D eigenvalue weighted by molar-refractivity contribution is 6.30. The van der Waals surface area contributed by atoms with Crippen molar-refractivity contribution in [2.24, 2.45) is 0 Å². The average molecular weight is 344 g/mol. The maximum atomic E-state index is 12.5. The summed E-state index contributed by atoms with van der Waals surface area (Å²) in [4.78, 5) is 22.7. The molecule has 3 N–H and O–H groups in total. The second kappa shape index (κ2) is 5.94. The molecular formula is C17H18ClN5O. The van der Waals surface area contributed by atoms with Gasteiger partial charge in [0.2, 0.25) is 11.9 Å². The summed E-state index contributed by atoms with van der Waals surface area (Å²) in [6.45, 7) is 0. The van der Waals surface area contributed by atoms with Gasteiger partial charge in [-0.1, -0.05) is 23.7 Å². The Morgan fingerprint density at radius 1 is 1.17 bits per heavy atom. The van der Waals surface area contributed by atoms with E-state index >= 15 is 0 Å². The molecule has 0 bridgehead atoms. The van der Waals surface area contributed by atoms with Gasteiger partial charge in [0.15, 0.2) is 0 Å². The summed E-state index contributed by atoms with van der Waals surface area (Å²) in [5, 5.41) is 3.99. The Balaban J connectivity index is 1.68. The standard InChI is InChI=1S/C17H18ClN5O/c18-11-3-1-10(2-4-11)13-7-8-16(24)23(13)15-9-14(20-12-5-6-12)21-17(19)22-15/h1-4,9,12-13H,5-8H2,(H3,19,20,21,22). The van der Waals surface area contributed by atoms with Crippen LogP contribution in [0.2, 0.25) is 5.02 Å². The Morgan fingerprint density at radius 2 is 1.92 bits per heavy atom. The molecule has 1 aliphatic heterocycles. The maximum absolute atomic E-state index is 12.5. The normalized spacial score (nSPS) is 20.5. The highest BCUT2D eigenvalue weighted by Crippen LogP contribution is 2.37. The average Bonchev–Trinajstić information content (AvgIpc) is 3.27. The number of aromatic nitrogens is 2. The summed E-state index contributed by atoms with van der Waals surface area (Å²) >= 11 is 5.97. The van der Waals surface area contributed by atoms with Crippen LogP contribution < -0.4 is 16.0 Å². The third-order valence-corrected chi connectivity index (χ3v) is 4.62. The Morgan fingerprint density at radius 3 is 2.62 bits per heavy atom. The molecule has 1 atom stereocenters. The van der Waals surface area contributed by atoms with Crippen molar-refractivity contribution in [2.75, 3.05) is 16.0 Å². The molecule has 2 fully saturated rings. The van der Waals surface area contributed by atoms with Crippen LogP contribution in [0.5, 0.6) is 0 Å². The van der Waals surface area contributed by atoms with Crippen LogP contribution in [-0.4, -0.2) is 21.9 Å². The van der Waals surface area contributed by atoms with Crippen LogP contribution in [0.4, 0.5) is 17.6 Å². The summed E-state index contributed by atoms with van der Waals surface area (Å²) < 4.78 is 0. The number of nitrogens with zero attached hydrogens (tertiary/aromatic N) is 3. The van der Waals surface area contributed by atoms with Gasteiger partial charge >= 0.3 is 0 Å². The number of amides is 1. The molecule has 0 spiro atoms. The van der Waals surface area contributed by atoms with Gasteiger partial charge in [0.1, 0.15) is 11.6 Å². The van der Waals surface area contributed by atoms with Gasteiger partial charge in [-0.25, -0.2) is 0 Å². The van der Waals surface area contributed by atoms with E-state index in [1.54, 1.807) is 11.0 Å².